The van der Waals surface area contributed by atoms with Crippen LogP contribution in [0.15, 0.2) is 29.1 Å². The molecule has 0 radical (unpaired) electrons. The van der Waals surface area contributed by atoms with E-state index in [1.807, 2.05) is 0 Å². The van der Waals surface area contributed by atoms with Gasteiger partial charge in [-0.25, -0.2) is 0 Å². The summed E-state index contributed by atoms with van der Waals surface area (Å²) in [5.74, 6) is 0.177. The number of aromatic amines is 1. The number of H-pyrrole nitrogens is 1. The summed E-state index contributed by atoms with van der Waals surface area (Å²) >= 11 is 0. The molecule has 0 aliphatic carbocycles. The summed E-state index contributed by atoms with van der Waals surface area (Å²) in [6.45, 7) is 2.09. The Kier molecular flexibility index (Phi) is 4.18. The molecule has 6 nitrogen and oxygen atoms in total. The lowest BCUT2D eigenvalue weighted by Gasteiger charge is -2.27. The summed E-state index contributed by atoms with van der Waals surface area (Å²) in [5.41, 5.74) is 4.42. The van der Waals surface area contributed by atoms with E-state index in [0.717, 1.165) is 12.1 Å². The van der Waals surface area contributed by atoms with Crippen molar-refractivity contribution in [3.8, 4) is 11.1 Å². The number of anilines is 2. The number of nitrogens with zero attached hydrogens (tertiary/aromatic N) is 2. The molecule has 24 heavy (non-hydrogen) atoms. The van der Waals surface area contributed by atoms with Crippen LogP contribution in [0.3, 0.4) is 0 Å². The van der Waals surface area contributed by atoms with Crippen LogP contribution in [0, 0.1) is 0 Å². The number of morpholine rings is 1. The summed E-state index contributed by atoms with van der Waals surface area (Å²) < 4.78 is 43.7. The number of hydrogen-bond donors (Lipinski definition) is 2. The minimum Gasteiger partial charge on any atom is -0.383 e. The van der Waals surface area contributed by atoms with Crippen molar-refractivity contribution in [2.75, 3.05) is 36.9 Å². The van der Waals surface area contributed by atoms with Crippen LogP contribution in [-0.2, 0) is 10.9 Å². The molecule has 1 aliphatic rings. The number of nitrogens with two attached hydrogens (primary N) is 1. The smallest absolute Gasteiger partial charge is 0.383 e. The lowest BCUT2D eigenvalue weighted by atomic mass is 10.0. The molecule has 1 aromatic carbocycles. The fourth-order valence-electron chi connectivity index (χ4n) is 2.53. The number of benzene rings is 1. The van der Waals surface area contributed by atoms with E-state index in [1.54, 1.807) is 4.90 Å². The van der Waals surface area contributed by atoms with Crippen LogP contribution in [-0.4, -0.2) is 36.3 Å². The van der Waals surface area contributed by atoms with Gasteiger partial charge in [0, 0.05) is 13.1 Å². The Morgan fingerprint density at radius 2 is 1.96 bits per heavy atom. The van der Waals surface area contributed by atoms with Crippen LogP contribution in [0.2, 0.25) is 0 Å². The molecule has 1 aromatic heterocycles. The molecule has 0 bridgehead atoms. The number of alkyl halides is 3. The molecule has 0 saturated carbocycles. The van der Waals surface area contributed by atoms with E-state index in [1.165, 1.54) is 12.1 Å². The van der Waals surface area contributed by atoms with Crippen molar-refractivity contribution in [3.63, 3.8) is 0 Å². The van der Waals surface area contributed by atoms with Crippen molar-refractivity contribution in [2.45, 2.75) is 6.18 Å². The minimum atomic E-state index is -4.50. The number of aromatic nitrogens is 2. The molecule has 0 amide bonds. The van der Waals surface area contributed by atoms with Gasteiger partial charge in [-0.3, -0.25) is 9.78 Å². The van der Waals surface area contributed by atoms with Gasteiger partial charge in [0.2, 0.25) is 5.95 Å². The van der Waals surface area contributed by atoms with Gasteiger partial charge in [0.1, 0.15) is 5.82 Å². The molecule has 3 N–H and O–H groups in total. The molecule has 0 spiro atoms. The van der Waals surface area contributed by atoms with Crippen molar-refractivity contribution in [3.05, 3.63) is 40.2 Å². The van der Waals surface area contributed by atoms with E-state index in [9.17, 15) is 18.0 Å². The molecule has 1 aliphatic heterocycles. The van der Waals surface area contributed by atoms with E-state index >= 15 is 0 Å². The molecule has 0 atom stereocenters. The molecular weight excluding hydrogens is 325 g/mol. The third-order valence-electron chi connectivity index (χ3n) is 3.72. The first-order chi connectivity index (χ1) is 11.4. The van der Waals surface area contributed by atoms with Crippen molar-refractivity contribution in [1.82, 2.24) is 9.97 Å². The van der Waals surface area contributed by atoms with Crippen LogP contribution in [0.25, 0.3) is 11.1 Å². The van der Waals surface area contributed by atoms with Gasteiger partial charge in [-0.1, -0.05) is 12.1 Å². The zero-order chi connectivity index (χ0) is 17.3. The molecule has 9 heteroatoms. The first kappa shape index (κ1) is 16.3. The standard InChI is InChI=1S/C15H15F3N4O2/c16-15(17,18)10-3-1-2-9(8-10)11-12(19)20-14(21-13(11)23)22-4-6-24-7-5-22/h1-3,8H,4-7H2,(H3,19,20,21,23). The Bertz CT molecular complexity index is 798. The molecule has 2 aromatic rings. The normalized spacial score (nSPS) is 15.5. The molecule has 1 fully saturated rings. The highest BCUT2D eigenvalue weighted by atomic mass is 19.4. The highest BCUT2D eigenvalue weighted by Gasteiger charge is 2.31. The lowest BCUT2D eigenvalue weighted by molar-refractivity contribution is -0.137. The van der Waals surface area contributed by atoms with Crippen LogP contribution in [0.4, 0.5) is 24.9 Å². The van der Waals surface area contributed by atoms with Crippen molar-refractivity contribution < 1.29 is 17.9 Å². The van der Waals surface area contributed by atoms with Crippen molar-refractivity contribution >= 4 is 11.8 Å². The first-order valence-electron chi connectivity index (χ1n) is 7.26. The second kappa shape index (κ2) is 6.16. The molecule has 3 rings (SSSR count). The van der Waals surface area contributed by atoms with E-state index in [0.29, 0.717) is 26.3 Å². The largest absolute Gasteiger partial charge is 0.416 e. The third-order valence-corrected chi connectivity index (χ3v) is 3.72. The number of halogens is 3. The number of ether oxygens (including phenoxy) is 1. The Labute approximate surface area is 135 Å². The SMILES string of the molecule is Nc1nc(N2CCOCC2)[nH]c(=O)c1-c1cccc(C(F)(F)F)c1. The number of hydrogen-bond acceptors (Lipinski definition) is 5. The summed E-state index contributed by atoms with van der Waals surface area (Å²) in [5, 5.41) is 0. The zero-order valence-electron chi connectivity index (χ0n) is 12.6. The van der Waals surface area contributed by atoms with Gasteiger partial charge in [0.15, 0.2) is 0 Å². The first-order valence-corrected chi connectivity index (χ1v) is 7.26. The average Bonchev–Trinajstić information content (AvgIpc) is 2.54. The van der Waals surface area contributed by atoms with Crippen molar-refractivity contribution in [1.29, 1.82) is 0 Å². The summed E-state index contributed by atoms with van der Waals surface area (Å²) in [7, 11) is 0. The average molecular weight is 340 g/mol. The van der Waals surface area contributed by atoms with Gasteiger partial charge in [-0.05, 0) is 17.7 Å². The minimum absolute atomic E-state index is 0.0712. The Balaban J connectivity index is 2.02. The maximum absolute atomic E-state index is 12.8. The second-order valence-corrected chi connectivity index (χ2v) is 5.33. The van der Waals surface area contributed by atoms with Crippen LogP contribution < -0.4 is 16.2 Å². The summed E-state index contributed by atoms with van der Waals surface area (Å²) in [6, 6.07) is 4.44. The summed E-state index contributed by atoms with van der Waals surface area (Å²) in [4.78, 5) is 20.9. The Morgan fingerprint density at radius 1 is 1.25 bits per heavy atom. The van der Waals surface area contributed by atoms with Gasteiger partial charge >= 0.3 is 6.18 Å². The maximum Gasteiger partial charge on any atom is 0.416 e. The highest BCUT2D eigenvalue weighted by Crippen LogP contribution is 2.32. The quantitative estimate of drug-likeness (QED) is 0.872. The van der Waals surface area contributed by atoms with Crippen LogP contribution in [0.5, 0.6) is 0 Å². The molecule has 2 heterocycles. The predicted molar refractivity (Wildman–Crippen MR) is 82.7 cm³/mol. The van der Waals surface area contributed by atoms with Gasteiger partial charge in [0.25, 0.3) is 5.56 Å². The van der Waals surface area contributed by atoms with Crippen molar-refractivity contribution in [2.24, 2.45) is 0 Å². The van der Waals surface area contributed by atoms with Crippen LogP contribution in [0.1, 0.15) is 5.56 Å². The number of nitrogen functional groups attached to an aromatic ring is 1. The Morgan fingerprint density at radius 3 is 2.58 bits per heavy atom. The van der Waals surface area contributed by atoms with E-state index in [4.69, 9.17) is 10.5 Å². The fourth-order valence-corrected chi connectivity index (χ4v) is 2.53. The second-order valence-electron chi connectivity index (χ2n) is 5.33. The van der Waals surface area contributed by atoms with Crippen LogP contribution >= 0.6 is 0 Å². The summed E-state index contributed by atoms with van der Waals surface area (Å²) in [6.07, 6.45) is -4.50. The monoisotopic (exact) mass is 340 g/mol. The zero-order valence-corrected chi connectivity index (χ0v) is 12.6. The van der Waals surface area contributed by atoms with Gasteiger partial charge in [0.05, 0.1) is 24.3 Å². The molecule has 0 unspecified atom stereocenters. The topological polar surface area (TPSA) is 84.2 Å². The highest BCUT2D eigenvalue weighted by molar-refractivity contribution is 5.74. The maximum atomic E-state index is 12.8. The lowest BCUT2D eigenvalue weighted by Crippen LogP contribution is -2.38. The number of nitrogens with one attached hydrogen (secondary N) is 1. The molecular formula is C15H15F3N4O2. The number of rotatable bonds is 2. The third kappa shape index (κ3) is 3.21. The molecule has 128 valence electrons. The Hall–Kier alpha value is -2.55. The predicted octanol–water partition coefficient (Wildman–Crippen LogP) is 1.87. The van der Waals surface area contributed by atoms with Gasteiger partial charge in [-0.15, -0.1) is 0 Å². The fraction of sp³-hybridized carbons (Fsp3) is 0.333. The van der Waals surface area contributed by atoms with E-state index in [-0.39, 0.29) is 22.9 Å². The molecule has 1 saturated heterocycles. The van der Waals surface area contributed by atoms with Gasteiger partial charge < -0.3 is 15.4 Å². The van der Waals surface area contributed by atoms with E-state index in [2.05, 4.69) is 9.97 Å². The van der Waals surface area contributed by atoms with Gasteiger partial charge in [-0.2, -0.15) is 18.2 Å². The van der Waals surface area contributed by atoms with E-state index < -0.39 is 17.3 Å².